The second-order valence-electron chi connectivity index (χ2n) is 4.19. The van der Waals surface area contributed by atoms with Crippen molar-refractivity contribution in [2.75, 3.05) is 5.32 Å². The molecule has 5 nitrogen and oxygen atoms in total. The Morgan fingerprint density at radius 1 is 1.45 bits per heavy atom. The van der Waals surface area contributed by atoms with E-state index < -0.39 is 0 Å². The van der Waals surface area contributed by atoms with E-state index in [0.717, 1.165) is 5.56 Å². The average molecular weight is 310 g/mol. The van der Waals surface area contributed by atoms with Gasteiger partial charge in [-0.1, -0.05) is 16.8 Å². The Morgan fingerprint density at radius 3 is 2.85 bits per heavy atom. The summed E-state index contributed by atoms with van der Waals surface area (Å²) in [6.07, 6.45) is 0. The third-order valence-electron chi connectivity index (χ3n) is 2.55. The van der Waals surface area contributed by atoms with E-state index in [-0.39, 0.29) is 5.91 Å². The fourth-order valence-corrected chi connectivity index (χ4v) is 2.62. The van der Waals surface area contributed by atoms with Crippen molar-refractivity contribution >= 4 is 39.7 Å². The van der Waals surface area contributed by atoms with Gasteiger partial charge in [0.05, 0.1) is 0 Å². The Morgan fingerprint density at radius 2 is 2.20 bits per heavy atom. The molecule has 2 N–H and O–H groups in total. The molecule has 1 aromatic carbocycles. The van der Waals surface area contributed by atoms with Gasteiger partial charge in [0.1, 0.15) is 11.4 Å². The summed E-state index contributed by atoms with van der Waals surface area (Å²) in [6, 6.07) is 5.12. The van der Waals surface area contributed by atoms with E-state index in [2.05, 4.69) is 15.5 Å². The molecule has 0 saturated carbocycles. The van der Waals surface area contributed by atoms with E-state index in [1.165, 1.54) is 11.3 Å². The first kappa shape index (κ1) is 14.5. The number of hydrogen-bond donors (Lipinski definition) is 2. The highest BCUT2D eigenvalue weighted by molar-refractivity contribution is 7.14. The van der Waals surface area contributed by atoms with Gasteiger partial charge < -0.3 is 5.21 Å². The Hall–Kier alpha value is -1.92. The molecular weight excluding hydrogens is 298 g/mol. The van der Waals surface area contributed by atoms with Crippen molar-refractivity contribution in [3.05, 3.63) is 45.4 Å². The molecule has 0 radical (unpaired) electrons. The van der Waals surface area contributed by atoms with Crippen molar-refractivity contribution in [3.63, 3.8) is 0 Å². The molecule has 20 heavy (non-hydrogen) atoms. The van der Waals surface area contributed by atoms with E-state index in [0.29, 0.717) is 27.1 Å². The molecule has 1 aromatic heterocycles. The second kappa shape index (κ2) is 6.02. The van der Waals surface area contributed by atoms with Crippen LogP contribution >= 0.6 is 22.9 Å². The van der Waals surface area contributed by atoms with Crippen LogP contribution in [0, 0.1) is 6.92 Å². The standard InChI is InChI=1S/C13H12ClN3O2S/c1-7-3-9(5-10(14)4-7)12(18)16-13-15-11(6-20-13)8(2)17-19/h3-6,19H,1-2H3,(H,15,16,18)/b17-8-. The minimum atomic E-state index is -0.282. The fraction of sp³-hybridized carbons (Fsp3) is 0.154. The van der Waals surface area contributed by atoms with Crippen LogP contribution in [0.25, 0.3) is 0 Å². The lowest BCUT2D eigenvalue weighted by atomic mass is 10.1. The molecule has 2 rings (SSSR count). The number of nitrogens with zero attached hydrogens (tertiary/aromatic N) is 2. The monoisotopic (exact) mass is 309 g/mol. The summed E-state index contributed by atoms with van der Waals surface area (Å²) in [7, 11) is 0. The lowest BCUT2D eigenvalue weighted by Crippen LogP contribution is -2.12. The van der Waals surface area contributed by atoms with Crippen LogP contribution in [0.2, 0.25) is 5.02 Å². The summed E-state index contributed by atoms with van der Waals surface area (Å²) in [4.78, 5) is 16.2. The van der Waals surface area contributed by atoms with Gasteiger partial charge in [-0.15, -0.1) is 11.3 Å². The molecule has 0 fully saturated rings. The molecule has 0 spiro atoms. The van der Waals surface area contributed by atoms with E-state index >= 15 is 0 Å². The third-order valence-corrected chi connectivity index (χ3v) is 3.53. The topological polar surface area (TPSA) is 74.6 Å². The van der Waals surface area contributed by atoms with E-state index in [1.807, 2.05) is 6.92 Å². The predicted octanol–water partition coefficient (Wildman–Crippen LogP) is 3.56. The molecule has 0 aliphatic carbocycles. The summed E-state index contributed by atoms with van der Waals surface area (Å²) in [5.74, 6) is -0.282. The second-order valence-corrected chi connectivity index (χ2v) is 5.49. The number of oxime groups is 1. The zero-order valence-corrected chi connectivity index (χ0v) is 12.4. The van der Waals surface area contributed by atoms with E-state index in [1.54, 1.807) is 30.5 Å². The van der Waals surface area contributed by atoms with E-state index in [4.69, 9.17) is 16.8 Å². The first-order valence-electron chi connectivity index (χ1n) is 5.72. The maximum atomic E-state index is 12.1. The number of nitrogens with one attached hydrogen (secondary N) is 1. The quantitative estimate of drug-likeness (QED) is 0.517. The lowest BCUT2D eigenvalue weighted by Gasteiger charge is -2.03. The number of anilines is 1. The number of benzene rings is 1. The number of aromatic nitrogens is 1. The van der Waals surface area contributed by atoms with Crippen LogP contribution in [-0.2, 0) is 0 Å². The van der Waals surface area contributed by atoms with Gasteiger partial charge in [0.15, 0.2) is 5.13 Å². The summed E-state index contributed by atoms with van der Waals surface area (Å²) < 4.78 is 0. The minimum Gasteiger partial charge on any atom is -0.411 e. The highest BCUT2D eigenvalue weighted by Crippen LogP contribution is 2.19. The Labute approximate surface area is 124 Å². The summed E-state index contributed by atoms with van der Waals surface area (Å²) in [5.41, 5.74) is 2.29. The van der Waals surface area contributed by atoms with Gasteiger partial charge in [-0.2, -0.15) is 0 Å². The smallest absolute Gasteiger partial charge is 0.257 e. The van der Waals surface area contributed by atoms with Gasteiger partial charge in [-0.05, 0) is 37.6 Å². The molecule has 0 unspecified atom stereocenters. The SMILES string of the molecule is C/C(=N/O)c1csc(NC(=O)c2cc(C)cc(Cl)c2)n1. The van der Waals surface area contributed by atoms with Crippen LogP contribution in [-0.4, -0.2) is 21.8 Å². The van der Waals surface area contributed by atoms with Gasteiger partial charge in [0.2, 0.25) is 0 Å². The number of carbonyl (C=O) groups excluding carboxylic acids is 1. The number of halogens is 1. The molecule has 1 amide bonds. The zero-order valence-electron chi connectivity index (χ0n) is 10.8. The molecule has 1 heterocycles. The van der Waals surface area contributed by atoms with E-state index in [9.17, 15) is 4.79 Å². The summed E-state index contributed by atoms with van der Waals surface area (Å²) in [5, 5.41) is 17.1. The highest BCUT2D eigenvalue weighted by atomic mass is 35.5. The molecule has 0 saturated heterocycles. The number of amides is 1. The maximum Gasteiger partial charge on any atom is 0.257 e. The van der Waals surface area contributed by atoms with Gasteiger partial charge in [-0.25, -0.2) is 4.98 Å². The van der Waals surface area contributed by atoms with Crippen molar-refractivity contribution in [1.82, 2.24) is 4.98 Å². The Kier molecular flexibility index (Phi) is 4.36. The van der Waals surface area contributed by atoms with Crippen LogP contribution in [0.4, 0.5) is 5.13 Å². The van der Waals surface area contributed by atoms with Crippen molar-refractivity contribution in [3.8, 4) is 0 Å². The molecular formula is C13H12ClN3O2S. The first-order chi connectivity index (χ1) is 9.49. The zero-order chi connectivity index (χ0) is 14.7. The van der Waals surface area contributed by atoms with Crippen LogP contribution in [0.15, 0.2) is 28.7 Å². The highest BCUT2D eigenvalue weighted by Gasteiger charge is 2.11. The van der Waals surface area contributed by atoms with Crippen molar-refractivity contribution in [2.24, 2.45) is 5.16 Å². The van der Waals surface area contributed by atoms with Crippen LogP contribution < -0.4 is 5.32 Å². The normalized spacial score (nSPS) is 11.4. The summed E-state index contributed by atoms with van der Waals surface area (Å²) in [6.45, 7) is 3.49. The summed E-state index contributed by atoms with van der Waals surface area (Å²) >= 11 is 7.18. The molecule has 0 aliphatic rings. The molecule has 104 valence electrons. The van der Waals surface area contributed by atoms with Gasteiger partial charge in [0, 0.05) is 16.0 Å². The number of carbonyl (C=O) groups is 1. The predicted molar refractivity (Wildman–Crippen MR) is 80.3 cm³/mol. The average Bonchev–Trinajstić information content (AvgIpc) is 2.85. The number of rotatable bonds is 3. The molecule has 2 aromatic rings. The molecule has 0 aliphatic heterocycles. The maximum absolute atomic E-state index is 12.1. The van der Waals surface area contributed by atoms with Gasteiger partial charge >= 0.3 is 0 Å². The molecule has 0 bridgehead atoms. The van der Waals surface area contributed by atoms with Crippen LogP contribution in [0.3, 0.4) is 0 Å². The van der Waals surface area contributed by atoms with Gasteiger partial charge in [-0.3, -0.25) is 10.1 Å². The largest absolute Gasteiger partial charge is 0.411 e. The fourth-order valence-electron chi connectivity index (χ4n) is 1.59. The third kappa shape index (κ3) is 3.34. The van der Waals surface area contributed by atoms with Crippen molar-refractivity contribution in [1.29, 1.82) is 0 Å². The van der Waals surface area contributed by atoms with Gasteiger partial charge in [0.25, 0.3) is 5.91 Å². The lowest BCUT2D eigenvalue weighted by molar-refractivity contribution is 0.102. The number of aryl methyl sites for hydroxylation is 1. The number of hydrogen-bond acceptors (Lipinski definition) is 5. The molecule has 7 heteroatoms. The van der Waals surface area contributed by atoms with Crippen molar-refractivity contribution < 1.29 is 10.0 Å². The van der Waals surface area contributed by atoms with Crippen LogP contribution in [0.1, 0.15) is 28.5 Å². The van der Waals surface area contributed by atoms with Crippen LogP contribution in [0.5, 0.6) is 0 Å². The first-order valence-corrected chi connectivity index (χ1v) is 6.98. The minimum absolute atomic E-state index is 0.282. The Balaban J connectivity index is 2.17. The Bertz CT molecular complexity index is 662. The molecule has 0 atom stereocenters. The van der Waals surface area contributed by atoms with Crippen molar-refractivity contribution in [2.45, 2.75) is 13.8 Å². The number of thiazole rings is 1.